The van der Waals surface area contributed by atoms with Crippen molar-refractivity contribution in [1.29, 1.82) is 0 Å². The maximum atomic E-state index is 2.56. The average molecular weight is 239 g/mol. The van der Waals surface area contributed by atoms with Crippen molar-refractivity contribution in [3.05, 3.63) is 0 Å². The van der Waals surface area contributed by atoms with Crippen LogP contribution in [0.4, 0.5) is 0 Å². The first kappa shape index (κ1) is 15.0. The quantitative estimate of drug-likeness (QED) is 0.606. The maximum Gasteiger partial charge on any atom is 0.000662 e. The van der Waals surface area contributed by atoms with Crippen molar-refractivity contribution in [2.45, 2.75) is 59.8 Å². The van der Waals surface area contributed by atoms with Gasteiger partial charge in [-0.15, -0.1) is 0 Å². The second-order valence-corrected chi connectivity index (χ2v) is 6.72. The molecule has 0 amide bonds. The fraction of sp³-hybridized carbons (Fsp3) is 1.00. The van der Waals surface area contributed by atoms with E-state index in [1.54, 1.807) is 0 Å². The lowest BCUT2D eigenvalue weighted by atomic mass is 9.79. The number of hydrogen-bond acceptors (Lipinski definition) is 1. The van der Waals surface area contributed by atoms with E-state index < -0.39 is 0 Å². The second-order valence-electron chi connectivity index (χ2n) is 6.72. The molecule has 17 heavy (non-hydrogen) atoms. The zero-order chi connectivity index (χ0) is 12.8. The van der Waals surface area contributed by atoms with Gasteiger partial charge in [-0.3, -0.25) is 0 Å². The van der Waals surface area contributed by atoms with Gasteiger partial charge in [0, 0.05) is 13.1 Å². The summed E-state index contributed by atoms with van der Waals surface area (Å²) >= 11 is 0. The Morgan fingerprint density at radius 2 is 1.71 bits per heavy atom. The van der Waals surface area contributed by atoms with Gasteiger partial charge in [0.2, 0.25) is 0 Å². The third-order valence-electron chi connectivity index (χ3n) is 4.80. The summed E-state index contributed by atoms with van der Waals surface area (Å²) in [6.07, 6.45) is 7.25. The van der Waals surface area contributed by atoms with Crippen molar-refractivity contribution in [2.24, 2.45) is 23.7 Å². The van der Waals surface area contributed by atoms with Crippen molar-refractivity contribution in [2.75, 3.05) is 20.1 Å². The van der Waals surface area contributed by atoms with Gasteiger partial charge in [0.05, 0.1) is 0 Å². The summed E-state index contributed by atoms with van der Waals surface area (Å²) in [5.74, 6) is 3.64. The molecule has 0 saturated heterocycles. The van der Waals surface area contributed by atoms with Crippen molar-refractivity contribution in [3.63, 3.8) is 0 Å². The fourth-order valence-electron chi connectivity index (χ4n) is 3.05. The molecule has 1 aliphatic rings. The van der Waals surface area contributed by atoms with Crippen LogP contribution in [0.1, 0.15) is 59.8 Å². The third-order valence-corrected chi connectivity index (χ3v) is 4.80. The molecule has 0 aromatic heterocycles. The van der Waals surface area contributed by atoms with Crippen LogP contribution in [0.25, 0.3) is 0 Å². The van der Waals surface area contributed by atoms with Crippen molar-refractivity contribution < 1.29 is 0 Å². The summed E-state index contributed by atoms with van der Waals surface area (Å²) in [5, 5.41) is 0. The Morgan fingerprint density at radius 3 is 2.18 bits per heavy atom. The monoisotopic (exact) mass is 239 g/mol. The van der Waals surface area contributed by atoms with E-state index >= 15 is 0 Å². The van der Waals surface area contributed by atoms with Crippen LogP contribution in [-0.2, 0) is 0 Å². The van der Waals surface area contributed by atoms with Crippen LogP contribution in [0.2, 0.25) is 0 Å². The SMILES string of the molecule is CCC(C)C(C)CN(C)C[C@H](C)CC1CCC1. The molecule has 0 aromatic carbocycles. The predicted molar refractivity (Wildman–Crippen MR) is 77.2 cm³/mol. The highest BCUT2D eigenvalue weighted by molar-refractivity contribution is 4.74. The van der Waals surface area contributed by atoms with E-state index in [1.165, 1.54) is 45.2 Å². The third kappa shape index (κ3) is 5.42. The highest BCUT2D eigenvalue weighted by Crippen LogP contribution is 2.32. The van der Waals surface area contributed by atoms with Gasteiger partial charge in [-0.05, 0) is 37.1 Å². The fourth-order valence-corrected chi connectivity index (χ4v) is 3.05. The largest absolute Gasteiger partial charge is 0.306 e. The van der Waals surface area contributed by atoms with Gasteiger partial charge < -0.3 is 4.90 Å². The summed E-state index contributed by atoms with van der Waals surface area (Å²) in [7, 11) is 2.30. The van der Waals surface area contributed by atoms with E-state index in [2.05, 4.69) is 39.6 Å². The Bertz CT molecular complexity index is 198. The van der Waals surface area contributed by atoms with Crippen LogP contribution in [0, 0.1) is 23.7 Å². The lowest BCUT2D eigenvalue weighted by molar-refractivity contribution is 0.184. The molecule has 0 aliphatic heterocycles. The lowest BCUT2D eigenvalue weighted by Gasteiger charge is -2.31. The normalized spacial score (nSPS) is 22.2. The van der Waals surface area contributed by atoms with Crippen LogP contribution >= 0.6 is 0 Å². The van der Waals surface area contributed by atoms with Crippen LogP contribution in [0.15, 0.2) is 0 Å². The first-order valence-corrected chi connectivity index (χ1v) is 7.71. The van der Waals surface area contributed by atoms with Crippen LogP contribution < -0.4 is 0 Å². The van der Waals surface area contributed by atoms with Gasteiger partial charge in [0.25, 0.3) is 0 Å². The van der Waals surface area contributed by atoms with Crippen LogP contribution in [0.3, 0.4) is 0 Å². The average Bonchev–Trinajstić information content (AvgIpc) is 2.22. The molecule has 1 nitrogen and oxygen atoms in total. The van der Waals surface area contributed by atoms with Gasteiger partial charge in [0.1, 0.15) is 0 Å². The maximum absolute atomic E-state index is 2.56. The molecule has 0 aromatic rings. The van der Waals surface area contributed by atoms with Crippen LogP contribution in [-0.4, -0.2) is 25.0 Å². The summed E-state index contributed by atoms with van der Waals surface area (Å²) in [6.45, 7) is 12.1. The lowest BCUT2D eigenvalue weighted by Crippen LogP contribution is -2.32. The van der Waals surface area contributed by atoms with E-state index in [4.69, 9.17) is 0 Å². The Kier molecular flexibility index (Phi) is 6.54. The zero-order valence-corrected chi connectivity index (χ0v) is 12.7. The standard InChI is InChI=1S/C16H33N/c1-6-14(3)15(4)12-17(5)11-13(2)10-16-8-7-9-16/h13-16H,6-12H2,1-5H3/t13-,14?,15?/m1/s1. The van der Waals surface area contributed by atoms with E-state index in [0.717, 1.165) is 23.7 Å². The molecule has 1 aliphatic carbocycles. The van der Waals surface area contributed by atoms with E-state index in [-0.39, 0.29) is 0 Å². The minimum absolute atomic E-state index is 0.834. The first-order chi connectivity index (χ1) is 8.02. The minimum atomic E-state index is 0.834. The van der Waals surface area contributed by atoms with E-state index in [9.17, 15) is 0 Å². The van der Waals surface area contributed by atoms with Crippen molar-refractivity contribution in [1.82, 2.24) is 4.90 Å². The van der Waals surface area contributed by atoms with Gasteiger partial charge in [-0.2, -0.15) is 0 Å². The summed E-state index contributed by atoms with van der Waals surface area (Å²) in [6, 6.07) is 0. The van der Waals surface area contributed by atoms with Gasteiger partial charge >= 0.3 is 0 Å². The minimum Gasteiger partial charge on any atom is -0.306 e. The molecule has 1 fully saturated rings. The molecule has 1 rings (SSSR count). The number of hydrogen-bond donors (Lipinski definition) is 0. The molecular formula is C16H33N. The Balaban J connectivity index is 2.16. The molecule has 0 heterocycles. The summed E-state index contributed by atoms with van der Waals surface area (Å²) < 4.78 is 0. The topological polar surface area (TPSA) is 3.24 Å². The summed E-state index contributed by atoms with van der Waals surface area (Å²) in [5.41, 5.74) is 0. The number of nitrogens with zero attached hydrogens (tertiary/aromatic N) is 1. The molecule has 2 unspecified atom stereocenters. The molecule has 1 saturated carbocycles. The molecule has 0 spiro atoms. The zero-order valence-electron chi connectivity index (χ0n) is 12.7. The Labute approximate surface area is 109 Å². The van der Waals surface area contributed by atoms with Gasteiger partial charge in [-0.25, -0.2) is 0 Å². The second kappa shape index (κ2) is 7.41. The molecular weight excluding hydrogens is 206 g/mol. The molecule has 0 radical (unpaired) electrons. The molecule has 3 atom stereocenters. The van der Waals surface area contributed by atoms with Gasteiger partial charge in [0.15, 0.2) is 0 Å². The molecule has 0 bridgehead atoms. The highest BCUT2D eigenvalue weighted by Gasteiger charge is 2.21. The predicted octanol–water partition coefficient (Wildman–Crippen LogP) is 4.43. The smallest absolute Gasteiger partial charge is 0.000662 e. The van der Waals surface area contributed by atoms with Crippen molar-refractivity contribution >= 4 is 0 Å². The Morgan fingerprint density at radius 1 is 1.06 bits per heavy atom. The van der Waals surface area contributed by atoms with Crippen molar-refractivity contribution in [3.8, 4) is 0 Å². The summed E-state index contributed by atoms with van der Waals surface area (Å²) in [4.78, 5) is 2.56. The first-order valence-electron chi connectivity index (χ1n) is 7.71. The van der Waals surface area contributed by atoms with Crippen LogP contribution in [0.5, 0.6) is 0 Å². The Hall–Kier alpha value is -0.0400. The van der Waals surface area contributed by atoms with Gasteiger partial charge in [-0.1, -0.05) is 53.4 Å². The highest BCUT2D eigenvalue weighted by atomic mass is 15.1. The molecule has 0 N–H and O–H groups in total. The molecule has 102 valence electrons. The molecule has 1 heteroatoms. The van der Waals surface area contributed by atoms with E-state index in [1.807, 2.05) is 0 Å². The number of rotatable bonds is 8. The van der Waals surface area contributed by atoms with E-state index in [0.29, 0.717) is 0 Å².